The molecule has 2 heterocycles. The van der Waals surface area contributed by atoms with Crippen LogP contribution in [0.4, 0.5) is 0 Å². The first-order chi connectivity index (χ1) is 11.6. The normalized spacial score (nSPS) is 24.2. The van der Waals surface area contributed by atoms with Crippen LogP contribution in [-0.4, -0.2) is 53.0 Å². The fourth-order valence-electron chi connectivity index (χ4n) is 3.84. The van der Waals surface area contributed by atoms with Crippen LogP contribution in [0.1, 0.15) is 33.5 Å². The smallest absolute Gasteiger partial charge is 0.289 e. The maximum atomic E-state index is 12.4. The van der Waals surface area contributed by atoms with E-state index in [1.165, 1.54) is 5.56 Å². The van der Waals surface area contributed by atoms with Crippen LogP contribution in [0.3, 0.4) is 0 Å². The summed E-state index contributed by atoms with van der Waals surface area (Å²) in [7, 11) is 0. The second-order valence-corrected chi connectivity index (χ2v) is 6.65. The van der Waals surface area contributed by atoms with Gasteiger partial charge in [0.1, 0.15) is 5.76 Å². The molecule has 5 nitrogen and oxygen atoms in total. The molecule has 1 amide bonds. The van der Waals surface area contributed by atoms with Gasteiger partial charge in [-0.2, -0.15) is 0 Å². The number of amides is 1. The zero-order valence-corrected chi connectivity index (χ0v) is 13.8. The summed E-state index contributed by atoms with van der Waals surface area (Å²) in [5.41, 5.74) is 2.28. The van der Waals surface area contributed by atoms with Crippen molar-refractivity contribution >= 4 is 5.91 Å². The Kier molecular flexibility index (Phi) is 3.90. The highest BCUT2D eigenvalue weighted by Gasteiger charge is 2.36. The molecule has 0 radical (unpaired) electrons. The maximum absolute atomic E-state index is 12.4. The van der Waals surface area contributed by atoms with Crippen molar-refractivity contribution in [2.45, 2.75) is 25.5 Å². The van der Waals surface area contributed by atoms with Crippen molar-refractivity contribution < 1.29 is 14.3 Å². The highest BCUT2D eigenvalue weighted by Crippen LogP contribution is 2.34. The van der Waals surface area contributed by atoms with E-state index in [1.807, 2.05) is 36.1 Å². The van der Waals surface area contributed by atoms with Gasteiger partial charge < -0.3 is 14.4 Å². The van der Waals surface area contributed by atoms with Crippen molar-refractivity contribution in [3.63, 3.8) is 0 Å². The summed E-state index contributed by atoms with van der Waals surface area (Å²) in [4.78, 5) is 16.6. The van der Waals surface area contributed by atoms with Crippen LogP contribution in [0, 0.1) is 6.92 Å². The average molecular weight is 326 g/mol. The fraction of sp³-hybridized carbons (Fsp3) is 0.421. The standard InChI is InChI=1S/C19H22N2O3/c1-13-6-7-17(24-13)19(23)21-10-8-20(9-11-21)16-12-14-4-2-3-5-15(14)18(16)22/h2-7,16,18,22H,8-12H2,1H3. The predicted molar refractivity (Wildman–Crippen MR) is 89.8 cm³/mol. The summed E-state index contributed by atoms with van der Waals surface area (Å²) in [5, 5.41) is 10.6. The Labute approximate surface area is 141 Å². The first-order valence-corrected chi connectivity index (χ1v) is 8.49. The lowest BCUT2D eigenvalue weighted by atomic mass is 10.1. The van der Waals surface area contributed by atoms with Gasteiger partial charge in [0, 0.05) is 32.2 Å². The molecule has 5 heteroatoms. The van der Waals surface area contributed by atoms with Gasteiger partial charge in [-0.05, 0) is 36.6 Å². The van der Waals surface area contributed by atoms with Gasteiger partial charge in [0.05, 0.1) is 6.10 Å². The van der Waals surface area contributed by atoms with Crippen LogP contribution in [0.15, 0.2) is 40.8 Å². The number of aryl methyl sites for hydroxylation is 1. The number of rotatable bonds is 2. The first-order valence-electron chi connectivity index (χ1n) is 8.49. The molecule has 0 spiro atoms. The number of nitrogens with zero attached hydrogens (tertiary/aromatic N) is 2. The molecule has 1 N–H and O–H groups in total. The zero-order valence-electron chi connectivity index (χ0n) is 13.8. The van der Waals surface area contributed by atoms with Gasteiger partial charge in [-0.1, -0.05) is 24.3 Å². The Morgan fingerprint density at radius 2 is 1.88 bits per heavy atom. The van der Waals surface area contributed by atoms with Crippen LogP contribution in [0.5, 0.6) is 0 Å². The topological polar surface area (TPSA) is 56.9 Å². The lowest BCUT2D eigenvalue weighted by molar-refractivity contribution is 0.0243. The zero-order chi connectivity index (χ0) is 16.7. The van der Waals surface area contributed by atoms with Gasteiger partial charge >= 0.3 is 0 Å². The molecule has 2 unspecified atom stereocenters. The van der Waals surface area contributed by atoms with E-state index in [-0.39, 0.29) is 11.9 Å². The third-order valence-electron chi connectivity index (χ3n) is 5.19. The molecule has 1 aromatic carbocycles. The number of carbonyl (C=O) groups excluding carboxylic acids is 1. The van der Waals surface area contributed by atoms with Crippen molar-refractivity contribution in [1.29, 1.82) is 0 Å². The number of piperazine rings is 1. The first kappa shape index (κ1) is 15.4. The van der Waals surface area contributed by atoms with Crippen LogP contribution >= 0.6 is 0 Å². The van der Waals surface area contributed by atoms with Gasteiger partial charge in [0.15, 0.2) is 5.76 Å². The van der Waals surface area contributed by atoms with Crippen molar-refractivity contribution in [3.05, 3.63) is 59.0 Å². The van der Waals surface area contributed by atoms with Crippen LogP contribution in [0.2, 0.25) is 0 Å². The highest BCUT2D eigenvalue weighted by atomic mass is 16.3. The molecule has 1 aromatic heterocycles. The van der Waals surface area contributed by atoms with E-state index in [1.54, 1.807) is 6.07 Å². The molecule has 0 saturated carbocycles. The summed E-state index contributed by atoms with van der Waals surface area (Å²) >= 11 is 0. The van der Waals surface area contributed by atoms with Crippen LogP contribution in [-0.2, 0) is 6.42 Å². The number of aliphatic hydroxyl groups excluding tert-OH is 1. The quantitative estimate of drug-likeness (QED) is 0.917. The van der Waals surface area contributed by atoms with E-state index in [0.29, 0.717) is 18.8 Å². The summed E-state index contributed by atoms with van der Waals surface area (Å²) in [6.07, 6.45) is 0.444. The maximum Gasteiger partial charge on any atom is 0.289 e. The Balaban J connectivity index is 1.39. The molecule has 1 aliphatic heterocycles. The Morgan fingerprint density at radius 1 is 1.12 bits per heavy atom. The number of furan rings is 1. The number of hydrogen-bond donors (Lipinski definition) is 1. The number of aliphatic hydroxyl groups is 1. The monoisotopic (exact) mass is 326 g/mol. The molecule has 2 aromatic rings. The second-order valence-electron chi connectivity index (χ2n) is 6.65. The average Bonchev–Trinajstić information content (AvgIpc) is 3.19. The molecular formula is C19H22N2O3. The largest absolute Gasteiger partial charge is 0.456 e. The Hall–Kier alpha value is -2.11. The minimum atomic E-state index is -0.434. The Morgan fingerprint density at radius 3 is 2.54 bits per heavy atom. The number of fused-ring (bicyclic) bond motifs is 1. The minimum absolute atomic E-state index is 0.0435. The van der Waals surface area contributed by atoms with E-state index in [2.05, 4.69) is 11.0 Å². The molecule has 1 saturated heterocycles. The summed E-state index contributed by atoms with van der Waals surface area (Å²) < 4.78 is 5.44. The molecule has 126 valence electrons. The fourth-order valence-corrected chi connectivity index (χ4v) is 3.84. The molecule has 24 heavy (non-hydrogen) atoms. The predicted octanol–water partition coefficient (Wildman–Crippen LogP) is 2.00. The Bertz CT molecular complexity index is 747. The van der Waals surface area contributed by atoms with E-state index < -0.39 is 6.10 Å². The molecule has 4 rings (SSSR count). The lowest BCUT2D eigenvalue weighted by Gasteiger charge is -2.38. The SMILES string of the molecule is Cc1ccc(C(=O)N2CCN(C3Cc4ccccc4C3O)CC2)o1. The van der Waals surface area contributed by atoms with Gasteiger partial charge in [0.25, 0.3) is 5.91 Å². The van der Waals surface area contributed by atoms with Crippen molar-refractivity contribution in [2.24, 2.45) is 0 Å². The van der Waals surface area contributed by atoms with E-state index >= 15 is 0 Å². The van der Waals surface area contributed by atoms with Crippen molar-refractivity contribution in [2.75, 3.05) is 26.2 Å². The minimum Gasteiger partial charge on any atom is -0.456 e. The molecule has 2 atom stereocenters. The second kappa shape index (κ2) is 6.07. The summed E-state index contributed by atoms with van der Waals surface area (Å²) in [6, 6.07) is 11.8. The van der Waals surface area contributed by atoms with Gasteiger partial charge in [-0.3, -0.25) is 9.69 Å². The summed E-state index contributed by atoms with van der Waals surface area (Å²) in [6.45, 7) is 4.73. The summed E-state index contributed by atoms with van der Waals surface area (Å²) in [5.74, 6) is 1.12. The van der Waals surface area contributed by atoms with E-state index in [4.69, 9.17) is 4.42 Å². The van der Waals surface area contributed by atoms with Crippen molar-refractivity contribution in [1.82, 2.24) is 9.80 Å². The third kappa shape index (κ3) is 2.64. The molecule has 2 aliphatic rings. The molecule has 1 aliphatic carbocycles. The molecular weight excluding hydrogens is 304 g/mol. The third-order valence-corrected chi connectivity index (χ3v) is 5.19. The van der Waals surface area contributed by atoms with Gasteiger partial charge in [-0.25, -0.2) is 0 Å². The van der Waals surface area contributed by atoms with Crippen LogP contribution < -0.4 is 0 Å². The van der Waals surface area contributed by atoms with E-state index in [9.17, 15) is 9.90 Å². The van der Waals surface area contributed by atoms with Crippen molar-refractivity contribution in [3.8, 4) is 0 Å². The molecule has 0 bridgehead atoms. The number of benzene rings is 1. The van der Waals surface area contributed by atoms with E-state index in [0.717, 1.165) is 30.8 Å². The molecule has 1 fully saturated rings. The highest BCUT2D eigenvalue weighted by molar-refractivity contribution is 5.91. The van der Waals surface area contributed by atoms with Gasteiger partial charge in [-0.15, -0.1) is 0 Å². The van der Waals surface area contributed by atoms with Gasteiger partial charge in [0.2, 0.25) is 0 Å². The lowest BCUT2D eigenvalue weighted by Crippen LogP contribution is -2.52. The number of carbonyl (C=O) groups is 1. The number of hydrogen-bond acceptors (Lipinski definition) is 4. The van der Waals surface area contributed by atoms with Crippen LogP contribution in [0.25, 0.3) is 0 Å².